The van der Waals surface area contributed by atoms with Crippen LogP contribution in [0.25, 0.3) is 0 Å². The van der Waals surface area contributed by atoms with Crippen molar-refractivity contribution in [3.05, 3.63) is 65.2 Å². The standard InChI is InChI=1S/C21H23N3O2/c1-23-12-18(14-6-4-3-5-7-14)19(13-23)20(25)22-16-9-8-15-11-24(2)21(26)17(15)10-16/h3-10,18-19H,11-13H2,1-2H3,(H,22,25)/t18-,19+/m1/s1. The lowest BCUT2D eigenvalue weighted by molar-refractivity contribution is -0.119. The highest BCUT2D eigenvalue weighted by Gasteiger charge is 2.37. The number of likely N-dealkylation sites (N-methyl/N-ethyl adjacent to an activating group) is 1. The fourth-order valence-electron chi connectivity index (χ4n) is 4.06. The topological polar surface area (TPSA) is 52.7 Å². The Hall–Kier alpha value is -2.66. The maximum Gasteiger partial charge on any atom is 0.254 e. The van der Waals surface area contributed by atoms with E-state index in [9.17, 15) is 9.59 Å². The molecule has 1 saturated heterocycles. The molecule has 1 fully saturated rings. The average Bonchev–Trinajstić information content (AvgIpc) is 3.17. The first-order chi connectivity index (χ1) is 12.5. The van der Waals surface area contributed by atoms with Crippen molar-refractivity contribution in [2.24, 2.45) is 5.92 Å². The van der Waals surface area contributed by atoms with Gasteiger partial charge < -0.3 is 15.1 Å². The minimum Gasteiger partial charge on any atom is -0.337 e. The highest BCUT2D eigenvalue weighted by atomic mass is 16.2. The van der Waals surface area contributed by atoms with Crippen LogP contribution in [0.15, 0.2) is 48.5 Å². The second-order valence-electron chi connectivity index (χ2n) is 7.37. The third-order valence-corrected chi connectivity index (χ3v) is 5.43. The molecule has 0 aromatic heterocycles. The Bertz CT molecular complexity index is 850. The Labute approximate surface area is 153 Å². The maximum atomic E-state index is 13.0. The van der Waals surface area contributed by atoms with E-state index in [1.807, 2.05) is 37.4 Å². The van der Waals surface area contributed by atoms with Crippen molar-refractivity contribution in [3.63, 3.8) is 0 Å². The number of benzene rings is 2. The van der Waals surface area contributed by atoms with Crippen LogP contribution in [-0.4, -0.2) is 48.8 Å². The van der Waals surface area contributed by atoms with E-state index in [4.69, 9.17) is 0 Å². The van der Waals surface area contributed by atoms with Crippen LogP contribution in [0.5, 0.6) is 0 Å². The summed E-state index contributed by atoms with van der Waals surface area (Å²) < 4.78 is 0. The predicted octanol–water partition coefficient (Wildman–Crippen LogP) is 2.56. The number of rotatable bonds is 3. The summed E-state index contributed by atoms with van der Waals surface area (Å²) in [7, 11) is 3.84. The third kappa shape index (κ3) is 2.99. The van der Waals surface area contributed by atoms with Gasteiger partial charge in [-0.3, -0.25) is 9.59 Å². The molecule has 5 heteroatoms. The number of hydrogen-bond acceptors (Lipinski definition) is 3. The van der Waals surface area contributed by atoms with E-state index < -0.39 is 0 Å². The molecule has 2 aromatic rings. The fourth-order valence-corrected chi connectivity index (χ4v) is 4.06. The van der Waals surface area contributed by atoms with Gasteiger partial charge in [0.1, 0.15) is 0 Å². The molecule has 134 valence electrons. The molecule has 2 amide bonds. The van der Waals surface area contributed by atoms with Gasteiger partial charge in [-0.2, -0.15) is 0 Å². The van der Waals surface area contributed by atoms with Gasteiger partial charge in [-0.1, -0.05) is 36.4 Å². The predicted molar refractivity (Wildman–Crippen MR) is 101 cm³/mol. The first-order valence-corrected chi connectivity index (χ1v) is 8.95. The molecule has 0 radical (unpaired) electrons. The molecule has 2 atom stereocenters. The van der Waals surface area contributed by atoms with Gasteiger partial charge in [-0.05, 0) is 30.3 Å². The number of hydrogen-bond donors (Lipinski definition) is 1. The molecule has 1 N–H and O–H groups in total. The van der Waals surface area contributed by atoms with Crippen LogP contribution < -0.4 is 5.32 Å². The molecule has 0 aliphatic carbocycles. The van der Waals surface area contributed by atoms with Crippen molar-refractivity contribution in [2.45, 2.75) is 12.5 Å². The molecule has 4 rings (SSSR count). The first kappa shape index (κ1) is 16.8. The van der Waals surface area contributed by atoms with Crippen LogP contribution in [0.1, 0.15) is 27.4 Å². The van der Waals surface area contributed by atoms with Gasteiger partial charge in [0, 0.05) is 43.9 Å². The van der Waals surface area contributed by atoms with Crippen LogP contribution in [0, 0.1) is 5.92 Å². The number of carbonyl (C=O) groups excluding carboxylic acids is 2. The molecule has 0 saturated carbocycles. The van der Waals surface area contributed by atoms with Crippen LogP contribution in [0.2, 0.25) is 0 Å². The summed E-state index contributed by atoms with van der Waals surface area (Å²) in [5.74, 6) is 0.109. The largest absolute Gasteiger partial charge is 0.337 e. The first-order valence-electron chi connectivity index (χ1n) is 8.95. The SMILES string of the molecule is CN1C[C@H](C(=O)Nc2ccc3c(c2)C(=O)N(C)C3)[C@@H](c2ccccc2)C1. The van der Waals surface area contributed by atoms with Crippen LogP contribution in [0.4, 0.5) is 5.69 Å². The average molecular weight is 349 g/mol. The highest BCUT2D eigenvalue weighted by molar-refractivity contribution is 6.00. The lowest BCUT2D eigenvalue weighted by Crippen LogP contribution is -2.28. The fraction of sp³-hybridized carbons (Fsp3) is 0.333. The van der Waals surface area contributed by atoms with Gasteiger partial charge in [0.15, 0.2) is 0 Å². The summed E-state index contributed by atoms with van der Waals surface area (Å²) in [6.07, 6.45) is 0. The summed E-state index contributed by atoms with van der Waals surface area (Å²) in [5.41, 5.74) is 3.59. The zero-order valence-corrected chi connectivity index (χ0v) is 15.1. The summed E-state index contributed by atoms with van der Waals surface area (Å²) in [6, 6.07) is 15.8. The van der Waals surface area contributed by atoms with E-state index in [1.165, 1.54) is 5.56 Å². The van der Waals surface area contributed by atoms with Gasteiger partial charge in [0.2, 0.25) is 5.91 Å². The monoisotopic (exact) mass is 349 g/mol. The number of nitrogens with zero attached hydrogens (tertiary/aromatic N) is 2. The van der Waals surface area contributed by atoms with Crippen molar-refractivity contribution in [1.29, 1.82) is 0 Å². The second-order valence-corrected chi connectivity index (χ2v) is 7.37. The smallest absolute Gasteiger partial charge is 0.254 e. The van der Waals surface area contributed by atoms with E-state index >= 15 is 0 Å². The Kier molecular flexibility index (Phi) is 4.24. The van der Waals surface area contributed by atoms with Crippen molar-refractivity contribution in [1.82, 2.24) is 9.80 Å². The van der Waals surface area contributed by atoms with Gasteiger partial charge in [0.05, 0.1) is 5.92 Å². The zero-order chi connectivity index (χ0) is 18.3. The van der Waals surface area contributed by atoms with Crippen molar-refractivity contribution >= 4 is 17.5 Å². The van der Waals surface area contributed by atoms with Crippen LogP contribution in [0.3, 0.4) is 0 Å². The Morgan fingerprint density at radius 1 is 1.08 bits per heavy atom. The Morgan fingerprint density at radius 3 is 2.62 bits per heavy atom. The molecule has 0 spiro atoms. The molecular weight excluding hydrogens is 326 g/mol. The Balaban J connectivity index is 1.54. The number of fused-ring (bicyclic) bond motifs is 1. The molecule has 0 bridgehead atoms. The van der Waals surface area contributed by atoms with Crippen molar-refractivity contribution < 1.29 is 9.59 Å². The van der Waals surface area contributed by atoms with Gasteiger partial charge in [-0.25, -0.2) is 0 Å². The molecule has 26 heavy (non-hydrogen) atoms. The molecule has 2 aromatic carbocycles. The van der Waals surface area contributed by atoms with E-state index in [0.717, 1.165) is 18.7 Å². The van der Waals surface area contributed by atoms with Gasteiger partial charge in [-0.15, -0.1) is 0 Å². The number of amides is 2. The molecule has 5 nitrogen and oxygen atoms in total. The molecule has 2 aliphatic heterocycles. The third-order valence-electron chi connectivity index (χ3n) is 5.43. The number of nitrogens with one attached hydrogen (secondary N) is 1. The second kappa shape index (κ2) is 6.57. The van der Waals surface area contributed by atoms with Crippen LogP contribution >= 0.6 is 0 Å². The molecule has 2 aliphatic rings. The number of likely N-dealkylation sites (tertiary alicyclic amines) is 1. The summed E-state index contributed by atoms with van der Waals surface area (Å²) >= 11 is 0. The van der Waals surface area contributed by atoms with Crippen molar-refractivity contribution in [2.75, 3.05) is 32.5 Å². The van der Waals surface area contributed by atoms with Gasteiger partial charge >= 0.3 is 0 Å². The van der Waals surface area contributed by atoms with E-state index in [0.29, 0.717) is 17.8 Å². The van der Waals surface area contributed by atoms with E-state index in [1.54, 1.807) is 18.0 Å². The summed E-state index contributed by atoms with van der Waals surface area (Å²) in [5, 5.41) is 3.03. The van der Waals surface area contributed by atoms with Gasteiger partial charge in [0.25, 0.3) is 5.91 Å². The summed E-state index contributed by atoms with van der Waals surface area (Å²) in [6.45, 7) is 2.24. The minimum atomic E-state index is -0.103. The lowest BCUT2D eigenvalue weighted by Gasteiger charge is -2.18. The molecular formula is C21H23N3O2. The van der Waals surface area contributed by atoms with E-state index in [-0.39, 0.29) is 23.7 Å². The zero-order valence-electron chi connectivity index (χ0n) is 15.1. The lowest BCUT2D eigenvalue weighted by atomic mass is 9.88. The quantitative estimate of drug-likeness (QED) is 0.927. The minimum absolute atomic E-state index is 0.0128. The normalized spacial score (nSPS) is 22.5. The number of anilines is 1. The number of carbonyl (C=O) groups is 2. The Morgan fingerprint density at radius 2 is 1.85 bits per heavy atom. The highest BCUT2D eigenvalue weighted by Crippen LogP contribution is 2.33. The van der Waals surface area contributed by atoms with Crippen LogP contribution in [-0.2, 0) is 11.3 Å². The van der Waals surface area contributed by atoms with Crippen molar-refractivity contribution in [3.8, 4) is 0 Å². The maximum absolute atomic E-state index is 13.0. The van der Waals surface area contributed by atoms with E-state index in [2.05, 4.69) is 22.3 Å². The molecule has 0 unspecified atom stereocenters. The molecule has 2 heterocycles. The summed E-state index contributed by atoms with van der Waals surface area (Å²) in [4.78, 5) is 29.0.